The van der Waals surface area contributed by atoms with Gasteiger partial charge in [-0.25, -0.2) is 0 Å². The van der Waals surface area contributed by atoms with Crippen LogP contribution in [0.5, 0.6) is 5.75 Å². The highest BCUT2D eigenvalue weighted by atomic mass is 35.5. The number of ether oxygens (including phenoxy) is 1. The zero-order valence-corrected chi connectivity index (χ0v) is 12.3. The predicted octanol–water partition coefficient (Wildman–Crippen LogP) is 4.91. The van der Waals surface area contributed by atoms with Crippen LogP contribution in [0.3, 0.4) is 0 Å². The number of halogens is 1. The molecule has 0 heterocycles. The predicted molar refractivity (Wildman–Crippen MR) is 81.0 cm³/mol. The van der Waals surface area contributed by atoms with Gasteiger partial charge in [-0.05, 0) is 29.2 Å². The van der Waals surface area contributed by atoms with E-state index in [1.54, 1.807) is 18.2 Å². The molecule has 0 aliphatic heterocycles. The standard InChI is InChI=1S/C17H16ClNO/c1-12(2)14-8-6-13(7-9-14)11-20-17-5-3-4-16(18)15(17)10-19/h3-9,12H,11H2,1-2H3. The quantitative estimate of drug-likeness (QED) is 0.799. The Hall–Kier alpha value is -1.98. The van der Waals surface area contributed by atoms with Crippen molar-refractivity contribution in [1.82, 2.24) is 0 Å². The maximum Gasteiger partial charge on any atom is 0.139 e. The van der Waals surface area contributed by atoms with Crippen molar-refractivity contribution in [3.63, 3.8) is 0 Å². The molecule has 2 aromatic carbocycles. The molecule has 2 nitrogen and oxygen atoms in total. The molecule has 0 bridgehead atoms. The van der Waals surface area contributed by atoms with Crippen LogP contribution in [-0.4, -0.2) is 0 Å². The van der Waals surface area contributed by atoms with Crippen LogP contribution in [0.1, 0.15) is 36.5 Å². The number of hydrogen-bond donors (Lipinski definition) is 0. The van der Waals surface area contributed by atoms with E-state index in [-0.39, 0.29) is 0 Å². The summed E-state index contributed by atoms with van der Waals surface area (Å²) in [6.07, 6.45) is 0. The molecule has 2 rings (SSSR count). The van der Waals surface area contributed by atoms with Crippen molar-refractivity contribution >= 4 is 11.6 Å². The lowest BCUT2D eigenvalue weighted by molar-refractivity contribution is 0.305. The van der Waals surface area contributed by atoms with E-state index in [0.717, 1.165) is 5.56 Å². The van der Waals surface area contributed by atoms with E-state index in [9.17, 15) is 0 Å². The third-order valence-electron chi connectivity index (χ3n) is 3.13. The second-order valence-electron chi connectivity index (χ2n) is 4.91. The minimum atomic E-state index is 0.382. The third kappa shape index (κ3) is 3.31. The molecule has 0 amide bonds. The Bertz CT molecular complexity index is 626. The summed E-state index contributed by atoms with van der Waals surface area (Å²) in [5.41, 5.74) is 2.75. The van der Waals surface area contributed by atoms with Crippen LogP contribution in [-0.2, 0) is 6.61 Å². The zero-order chi connectivity index (χ0) is 14.5. The average molecular weight is 286 g/mol. The summed E-state index contributed by atoms with van der Waals surface area (Å²) >= 11 is 5.96. The summed E-state index contributed by atoms with van der Waals surface area (Å²) in [5.74, 6) is 1.04. The summed E-state index contributed by atoms with van der Waals surface area (Å²) in [4.78, 5) is 0. The van der Waals surface area contributed by atoms with Crippen LogP contribution in [0.2, 0.25) is 5.02 Å². The summed E-state index contributed by atoms with van der Waals surface area (Å²) in [6, 6.07) is 15.6. The van der Waals surface area contributed by atoms with Gasteiger partial charge >= 0.3 is 0 Å². The Morgan fingerprint density at radius 1 is 1.15 bits per heavy atom. The van der Waals surface area contributed by atoms with Gasteiger partial charge in [-0.15, -0.1) is 0 Å². The summed E-state index contributed by atoms with van der Waals surface area (Å²) in [6.45, 7) is 4.75. The first kappa shape index (κ1) is 14.4. The fraction of sp³-hybridized carbons (Fsp3) is 0.235. The Morgan fingerprint density at radius 2 is 1.85 bits per heavy atom. The molecule has 0 saturated heterocycles. The molecule has 0 aromatic heterocycles. The molecule has 0 saturated carbocycles. The van der Waals surface area contributed by atoms with Crippen molar-refractivity contribution in [2.24, 2.45) is 0 Å². The van der Waals surface area contributed by atoms with Gasteiger partial charge in [0.15, 0.2) is 0 Å². The molecule has 0 spiro atoms. The maximum absolute atomic E-state index is 9.08. The van der Waals surface area contributed by atoms with Crippen LogP contribution in [0.25, 0.3) is 0 Å². The molecule has 0 radical (unpaired) electrons. The van der Waals surface area contributed by atoms with Gasteiger partial charge in [0.05, 0.1) is 5.02 Å². The molecule has 20 heavy (non-hydrogen) atoms. The first-order chi connectivity index (χ1) is 9.61. The van der Waals surface area contributed by atoms with Crippen LogP contribution in [0.4, 0.5) is 0 Å². The molecular formula is C17H16ClNO. The highest BCUT2D eigenvalue weighted by Crippen LogP contribution is 2.26. The molecule has 3 heteroatoms. The number of rotatable bonds is 4. The molecule has 2 aromatic rings. The number of nitrogens with zero attached hydrogens (tertiary/aromatic N) is 1. The van der Waals surface area contributed by atoms with Crippen LogP contribution in [0.15, 0.2) is 42.5 Å². The first-order valence-corrected chi connectivity index (χ1v) is 6.90. The SMILES string of the molecule is CC(C)c1ccc(COc2cccc(Cl)c2C#N)cc1. The van der Waals surface area contributed by atoms with Crippen molar-refractivity contribution in [3.8, 4) is 11.8 Å². The van der Waals surface area contributed by atoms with Crippen LogP contribution in [0, 0.1) is 11.3 Å². The maximum atomic E-state index is 9.08. The molecular weight excluding hydrogens is 270 g/mol. The number of benzene rings is 2. The molecule has 102 valence electrons. The van der Waals surface area contributed by atoms with Gasteiger partial charge in [0.1, 0.15) is 24.0 Å². The van der Waals surface area contributed by atoms with Gasteiger partial charge < -0.3 is 4.74 Å². The monoisotopic (exact) mass is 285 g/mol. The molecule has 0 N–H and O–H groups in total. The smallest absolute Gasteiger partial charge is 0.139 e. The molecule has 0 fully saturated rings. The van der Waals surface area contributed by atoms with E-state index in [1.807, 2.05) is 12.1 Å². The molecule has 0 aliphatic rings. The molecule has 0 unspecified atom stereocenters. The van der Waals surface area contributed by atoms with Crippen LogP contribution >= 0.6 is 11.6 Å². The lowest BCUT2D eigenvalue weighted by Crippen LogP contribution is -1.98. The fourth-order valence-corrected chi connectivity index (χ4v) is 2.10. The highest BCUT2D eigenvalue weighted by Gasteiger charge is 2.07. The normalized spacial score (nSPS) is 10.3. The minimum Gasteiger partial charge on any atom is -0.487 e. The Balaban J connectivity index is 2.09. The van der Waals surface area contributed by atoms with E-state index in [2.05, 4.69) is 32.0 Å². The Labute approximate surface area is 124 Å². The minimum absolute atomic E-state index is 0.382. The van der Waals surface area contributed by atoms with E-state index in [1.165, 1.54) is 5.56 Å². The lowest BCUT2D eigenvalue weighted by atomic mass is 10.0. The second-order valence-corrected chi connectivity index (χ2v) is 5.32. The van der Waals surface area contributed by atoms with Gasteiger partial charge in [-0.2, -0.15) is 5.26 Å². The van der Waals surface area contributed by atoms with E-state index in [0.29, 0.717) is 28.9 Å². The van der Waals surface area contributed by atoms with Crippen molar-refractivity contribution in [3.05, 3.63) is 64.2 Å². The van der Waals surface area contributed by atoms with Gasteiger partial charge in [0.25, 0.3) is 0 Å². The molecule has 0 atom stereocenters. The average Bonchev–Trinajstić information content (AvgIpc) is 2.45. The van der Waals surface area contributed by atoms with E-state index < -0.39 is 0 Å². The third-order valence-corrected chi connectivity index (χ3v) is 3.44. The second kappa shape index (κ2) is 6.45. The van der Waals surface area contributed by atoms with Crippen molar-refractivity contribution in [1.29, 1.82) is 5.26 Å². The zero-order valence-electron chi connectivity index (χ0n) is 11.6. The van der Waals surface area contributed by atoms with Crippen molar-refractivity contribution in [2.45, 2.75) is 26.4 Å². The lowest BCUT2D eigenvalue weighted by Gasteiger charge is -2.10. The first-order valence-electron chi connectivity index (χ1n) is 6.52. The largest absolute Gasteiger partial charge is 0.487 e. The summed E-state index contributed by atoms with van der Waals surface area (Å²) in [7, 11) is 0. The topological polar surface area (TPSA) is 33.0 Å². The van der Waals surface area contributed by atoms with E-state index in [4.69, 9.17) is 21.6 Å². The Morgan fingerprint density at radius 3 is 2.45 bits per heavy atom. The number of hydrogen-bond acceptors (Lipinski definition) is 2. The summed E-state index contributed by atoms with van der Waals surface area (Å²) in [5, 5.41) is 9.50. The van der Waals surface area contributed by atoms with Crippen molar-refractivity contribution in [2.75, 3.05) is 0 Å². The van der Waals surface area contributed by atoms with E-state index >= 15 is 0 Å². The summed E-state index contributed by atoms with van der Waals surface area (Å²) < 4.78 is 5.69. The molecule has 0 aliphatic carbocycles. The van der Waals surface area contributed by atoms with Gasteiger partial charge in [-0.3, -0.25) is 0 Å². The van der Waals surface area contributed by atoms with Gasteiger partial charge in [-0.1, -0.05) is 55.8 Å². The fourth-order valence-electron chi connectivity index (χ4n) is 1.89. The Kier molecular flexibility index (Phi) is 4.65. The van der Waals surface area contributed by atoms with Crippen LogP contribution < -0.4 is 4.74 Å². The van der Waals surface area contributed by atoms with Crippen molar-refractivity contribution < 1.29 is 4.74 Å². The number of nitriles is 1. The van der Waals surface area contributed by atoms with Gasteiger partial charge in [0, 0.05) is 0 Å². The highest BCUT2D eigenvalue weighted by molar-refractivity contribution is 6.31. The van der Waals surface area contributed by atoms with Gasteiger partial charge in [0.2, 0.25) is 0 Å².